The highest BCUT2D eigenvalue weighted by atomic mass is 16.2. The molecule has 3 aromatic carbocycles. The lowest BCUT2D eigenvalue weighted by atomic mass is 10.2. The van der Waals surface area contributed by atoms with Gasteiger partial charge in [-0.05, 0) is 41.5 Å². The monoisotopic (exact) mass is 419 g/mol. The highest BCUT2D eigenvalue weighted by molar-refractivity contribution is 6.07. The second kappa shape index (κ2) is 11.5. The Bertz CT molecular complexity index is 1200. The Hall–Kier alpha value is -4.69. The molecule has 2 amide bonds. The predicted octanol–water partition coefficient (Wildman–Crippen LogP) is 4.92. The van der Waals surface area contributed by atoms with Crippen LogP contribution in [0.15, 0.2) is 109 Å². The first-order valence-electron chi connectivity index (χ1n) is 9.93. The third-order valence-corrected chi connectivity index (χ3v) is 4.33. The lowest BCUT2D eigenvalue weighted by Gasteiger charge is -2.09. The second-order valence-corrected chi connectivity index (χ2v) is 6.73. The van der Waals surface area contributed by atoms with Crippen LogP contribution in [0.5, 0.6) is 0 Å². The van der Waals surface area contributed by atoms with Gasteiger partial charge in [-0.1, -0.05) is 78.9 Å². The molecule has 0 fully saturated rings. The van der Waals surface area contributed by atoms with Crippen molar-refractivity contribution in [1.82, 2.24) is 5.32 Å². The molecule has 0 heterocycles. The molecule has 3 aromatic rings. The maximum absolute atomic E-state index is 12.8. The lowest BCUT2D eigenvalue weighted by Crippen LogP contribution is -2.29. The van der Waals surface area contributed by atoms with Crippen molar-refractivity contribution in [3.63, 3.8) is 0 Å². The van der Waals surface area contributed by atoms with E-state index >= 15 is 0 Å². The number of allylic oxidation sites excluding steroid dienone is 2. The van der Waals surface area contributed by atoms with Crippen LogP contribution in [0.3, 0.4) is 0 Å². The second-order valence-electron chi connectivity index (χ2n) is 6.73. The van der Waals surface area contributed by atoms with Gasteiger partial charge in [0, 0.05) is 11.8 Å². The summed E-state index contributed by atoms with van der Waals surface area (Å²) in [4.78, 5) is 25.3. The molecule has 32 heavy (non-hydrogen) atoms. The number of anilines is 1. The van der Waals surface area contributed by atoms with Crippen molar-refractivity contribution in [2.45, 2.75) is 0 Å². The average molecular weight is 419 g/mol. The van der Waals surface area contributed by atoms with Gasteiger partial charge in [0.25, 0.3) is 5.91 Å². The van der Waals surface area contributed by atoms with Crippen LogP contribution >= 0.6 is 0 Å². The van der Waals surface area contributed by atoms with E-state index in [0.717, 1.165) is 11.1 Å². The molecule has 0 aliphatic rings. The Morgan fingerprint density at radius 1 is 0.812 bits per heavy atom. The van der Waals surface area contributed by atoms with Crippen molar-refractivity contribution in [1.29, 1.82) is 5.26 Å². The van der Waals surface area contributed by atoms with Crippen LogP contribution in [0, 0.1) is 11.3 Å². The molecule has 0 aromatic heterocycles. The Morgan fingerprint density at radius 3 is 2.12 bits per heavy atom. The van der Waals surface area contributed by atoms with Gasteiger partial charge in [0.1, 0.15) is 5.70 Å². The largest absolute Gasteiger partial charge is 0.321 e. The van der Waals surface area contributed by atoms with E-state index in [1.807, 2.05) is 72.8 Å². The molecule has 156 valence electrons. The van der Waals surface area contributed by atoms with Crippen molar-refractivity contribution in [2.75, 3.05) is 5.32 Å². The molecule has 0 saturated heterocycles. The molecule has 0 spiro atoms. The number of hydrogen-bond acceptors (Lipinski definition) is 3. The van der Waals surface area contributed by atoms with E-state index in [0.29, 0.717) is 11.3 Å². The van der Waals surface area contributed by atoms with Gasteiger partial charge in [0.05, 0.1) is 11.6 Å². The minimum Gasteiger partial charge on any atom is -0.321 e. The zero-order valence-electron chi connectivity index (χ0n) is 17.2. The number of nitriles is 1. The molecule has 3 rings (SSSR count). The molecule has 0 aliphatic heterocycles. The number of hydrogen-bond donors (Lipinski definition) is 2. The predicted molar refractivity (Wildman–Crippen MR) is 127 cm³/mol. The van der Waals surface area contributed by atoms with Gasteiger partial charge < -0.3 is 10.6 Å². The van der Waals surface area contributed by atoms with Gasteiger partial charge in [-0.2, -0.15) is 5.26 Å². The fourth-order valence-electron chi connectivity index (χ4n) is 2.77. The molecule has 0 radical (unpaired) electrons. The molecule has 0 aliphatic carbocycles. The summed E-state index contributed by atoms with van der Waals surface area (Å²) in [7, 11) is 0. The minimum atomic E-state index is -0.501. The normalized spacial score (nSPS) is 11.3. The molecule has 5 heteroatoms. The SMILES string of the molecule is N#Cc1cccc(NC(=O)/C(=C/C=C/c2ccccc2)NC(=O)/C=C/c2ccccc2)c1. The van der Waals surface area contributed by atoms with Crippen molar-refractivity contribution in [2.24, 2.45) is 0 Å². The molecule has 2 N–H and O–H groups in total. The van der Waals surface area contributed by atoms with E-state index in [2.05, 4.69) is 10.6 Å². The van der Waals surface area contributed by atoms with Crippen LogP contribution in [0.2, 0.25) is 0 Å². The highest BCUT2D eigenvalue weighted by Gasteiger charge is 2.12. The highest BCUT2D eigenvalue weighted by Crippen LogP contribution is 2.11. The van der Waals surface area contributed by atoms with E-state index in [-0.39, 0.29) is 5.70 Å². The topological polar surface area (TPSA) is 82.0 Å². The number of rotatable bonds is 7. The van der Waals surface area contributed by atoms with Gasteiger partial charge >= 0.3 is 0 Å². The third-order valence-electron chi connectivity index (χ3n) is 4.33. The number of nitrogens with one attached hydrogen (secondary N) is 2. The van der Waals surface area contributed by atoms with E-state index < -0.39 is 11.8 Å². The number of benzene rings is 3. The summed E-state index contributed by atoms with van der Waals surface area (Å²) >= 11 is 0. The number of carbonyl (C=O) groups excluding carboxylic acids is 2. The van der Waals surface area contributed by atoms with Crippen molar-refractivity contribution >= 4 is 29.7 Å². The van der Waals surface area contributed by atoms with Gasteiger partial charge in [-0.25, -0.2) is 0 Å². The van der Waals surface area contributed by atoms with Crippen molar-refractivity contribution in [3.05, 3.63) is 126 Å². The van der Waals surface area contributed by atoms with E-state index in [1.165, 1.54) is 12.2 Å². The zero-order chi connectivity index (χ0) is 22.6. The number of nitrogens with zero attached hydrogens (tertiary/aromatic N) is 1. The summed E-state index contributed by atoms with van der Waals surface area (Å²) in [6.07, 6.45) is 8.09. The third kappa shape index (κ3) is 6.97. The van der Waals surface area contributed by atoms with E-state index in [9.17, 15) is 9.59 Å². The first-order valence-corrected chi connectivity index (χ1v) is 9.93. The first kappa shape index (κ1) is 22.0. The number of amides is 2. The summed E-state index contributed by atoms with van der Waals surface area (Å²) < 4.78 is 0. The summed E-state index contributed by atoms with van der Waals surface area (Å²) in [6.45, 7) is 0. The van der Waals surface area contributed by atoms with Gasteiger partial charge in [0.15, 0.2) is 0 Å². The summed E-state index contributed by atoms with van der Waals surface area (Å²) in [5, 5.41) is 14.4. The fourth-order valence-corrected chi connectivity index (χ4v) is 2.77. The Morgan fingerprint density at radius 2 is 1.47 bits per heavy atom. The molecule has 0 unspecified atom stereocenters. The average Bonchev–Trinajstić information content (AvgIpc) is 2.83. The summed E-state index contributed by atoms with van der Waals surface area (Å²) in [5.41, 5.74) is 2.78. The number of carbonyl (C=O) groups is 2. The Kier molecular flexibility index (Phi) is 7.90. The fraction of sp³-hybridized carbons (Fsp3) is 0. The maximum Gasteiger partial charge on any atom is 0.272 e. The van der Waals surface area contributed by atoms with Gasteiger partial charge in [0.2, 0.25) is 5.91 Å². The van der Waals surface area contributed by atoms with E-state index in [4.69, 9.17) is 5.26 Å². The standard InChI is InChI=1S/C27H21N3O2/c28-20-23-14-7-15-24(19-23)29-27(32)25(16-8-13-21-9-3-1-4-10-21)30-26(31)18-17-22-11-5-2-6-12-22/h1-19H,(H,29,32)(H,30,31)/b13-8+,18-17+,25-16-. The summed E-state index contributed by atoms with van der Waals surface area (Å²) in [5.74, 6) is -0.937. The van der Waals surface area contributed by atoms with Crippen LogP contribution in [0.25, 0.3) is 12.2 Å². The quantitative estimate of drug-likeness (QED) is 0.421. The maximum atomic E-state index is 12.8. The molecule has 0 saturated carbocycles. The minimum absolute atomic E-state index is 0.0715. The Labute approximate surface area is 187 Å². The van der Waals surface area contributed by atoms with Crippen LogP contribution in [-0.2, 0) is 9.59 Å². The van der Waals surface area contributed by atoms with Crippen molar-refractivity contribution in [3.8, 4) is 6.07 Å². The smallest absolute Gasteiger partial charge is 0.272 e. The van der Waals surface area contributed by atoms with Crippen LogP contribution < -0.4 is 10.6 Å². The first-order chi connectivity index (χ1) is 15.6. The van der Waals surface area contributed by atoms with Crippen LogP contribution in [0.1, 0.15) is 16.7 Å². The van der Waals surface area contributed by atoms with E-state index in [1.54, 1.807) is 36.4 Å². The molecule has 0 atom stereocenters. The summed E-state index contributed by atoms with van der Waals surface area (Å²) in [6, 6.07) is 27.6. The van der Waals surface area contributed by atoms with Crippen molar-refractivity contribution < 1.29 is 9.59 Å². The Balaban J connectivity index is 1.78. The zero-order valence-corrected chi connectivity index (χ0v) is 17.2. The molecular weight excluding hydrogens is 398 g/mol. The van der Waals surface area contributed by atoms with Gasteiger partial charge in [-0.15, -0.1) is 0 Å². The molecule has 5 nitrogen and oxygen atoms in total. The molecular formula is C27H21N3O2. The van der Waals surface area contributed by atoms with Crippen LogP contribution in [0.4, 0.5) is 5.69 Å². The molecule has 0 bridgehead atoms. The lowest BCUT2D eigenvalue weighted by molar-refractivity contribution is -0.118. The van der Waals surface area contributed by atoms with Crippen LogP contribution in [-0.4, -0.2) is 11.8 Å². The van der Waals surface area contributed by atoms with Gasteiger partial charge in [-0.3, -0.25) is 9.59 Å².